The fourth-order valence-electron chi connectivity index (χ4n) is 4.25. The second kappa shape index (κ2) is 14.6. The van der Waals surface area contributed by atoms with E-state index < -0.39 is 46.5 Å². The Hall–Kier alpha value is -5.02. The number of carbonyl (C=O) groups is 5. The molecular weight excluding hydrogens is 658 g/mol. The van der Waals surface area contributed by atoms with Crippen LogP contribution in [0.2, 0.25) is 0 Å². The molecular formula is C26H33N11O8S2. The summed E-state index contributed by atoms with van der Waals surface area (Å²) in [6.45, 7) is 3.29. The van der Waals surface area contributed by atoms with Crippen molar-refractivity contribution < 1.29 is 39.0 Å². The third-order valence-electron chi connectivity index (χ3n) is 6.79. The van der Waals surface area contributed by atoms with Gasteiger partial charge < -0.3 is 47.8 Å². The van der Waals surface area contributed by atoms with E-state index in [4.69, 9.17) is 22.0 Å². The number of nitrogens with two attached hydrogens (primary N) is 3. The second-order valence-corrected chi connectivity index (χ2v) is 12.6. The highest BCUT2D eigenvalue weighted by atomic mass is 32.2. The molecule has 3 aliphatic heterocycles. The van der Waals surface area contributed by atoms with Gasteiger partial charge in [0.15, 0.2) is 5.13 Å². The van der Waals surface area contributed by atoms with Crippen LogP contribution >= 0.6 is 23.3 Å². The number of β-lactam (4-membered cyclic amide) rings is 1. The minimum Gasteiger partial charge on any atom is -0.478 e. The number of fused-ring (bicyclic) bond motifs is 1. The van der Waals surface area contributed by atoms with Gasteiger partial charge in [0.05, 0.1) is 5.70 Å². The summed E-state index contributed by atoms with van der Waals surface area (Å²) in [7, 11) is 0. The maximum atomic E-state index is 13.2. The number of amides is 3. The van der Waals surface area contributed by atoms with Crippen molar-refractivity contribution in [3.8, 4) is 0 Å². The number of rotatable bonds is 14. The highest BCUT2D eigenvalue weighted by molar-refractivity contribution is 8.00. The highest BCUT2D eigenvalue weighted by Gasteiger charge is 2.54. The lowest BCUT2D eigenvalue weighted by atomic mass is 10.0. The standard InChI is InChI=1S/C26H33N11O8S2/c1-26(2,24(43)44)45-34-15(19-33-25(29)47-35-19)20(39)32-16-21(40)37-17(23(41)42)12(10-46-22(16)37)5-4-8-36-9-13(18(28)30-11-36)31-14(38)6-3-7-27/h4-5,9,16,22H,3,6-8,10-11,27H2,1-2H3,(H2,28,30)(H,31,38)(H,32,39)(H,41,42)(H,43,44)(H2,29,33,35)/b5-4+,34-15-/t16-,22?/m1/s1. The number of carboxylic acids is 2. The van der Waals surface area contributed by atoms with Crippen molar-refractivity contribution in [1.82, 2.24) is 29.8 Å². The molecule has 0 aliphatic carbocycles. The average molecular weight is 692 g/mol. The molecule has 10 N–H and O–H groups in total. The predicted molar refractivity (Wildman–Crippen MR) is 170 cm³/mol. The molecule has 47 heavy (non-hydrogen) atoms. The molecule has 0 aromatic carbocycles. The zero-order valence-corrected chi connectivity index (χ0v) is 26.8. The van der Waals surface area contributed by atoms with E-state index >= 15 is 0 Å². The minimum atomic E-state index is -1.81. The first kappa shape index (κ1) is 34.8. The van der Waals surface area contributed by atoms with Crippen LogP contribution in [-0.2, 0) is 28.8 Å². The molecule has 19 nitrogen and oxygen atoms in total. The van der Waals surface area contributed by atoms with Gasteiger partial charge >= 0.3 is 11.9 Å². The molecule has 0 radical (unpaired) electrons. The van der Waals surface area contributed by atoms with Gasteiger partial charge in [-0.1, -0.05) is 17.3 Å². The lowest BCUT2D eigenvalue weighted by molar-refractivity contribution is -0.161. The molecule has 1 fully saturated rings. The van der Waals surface area contributed by atoms with Crippen LogP contribution in [-0.4, -0.2) is 113 Å². The number of hydrogen-bond acceptors (Lipinski definition) is 16. The van der Waals surface area contributed by atoms with Crippen LogP contribution in [0.15, 0.2) is 45.5 Å². The van der Waals surface area contributed by atoms with Crippen LogP contribution in [0.5, 0.6) is 0 Å². The summed E-state index contributed by atoms with van der Waals surface area (Å²) in [5.41, 5.74) is 15.1. The van der Waals surface area contributed by atoms with Gasteiger partial charge in [0.1, 0.15) is 29.6 Å². The van der Waals surface area contributed by atoms with E-state index in [0.29, 0.717) is 24.2 Å². The van der Waals surface area contributed by atoms with E-state index in [9.17, 15) is 34.2 Å². The average Bonchev–Trinajstić information content (AvgIpc) is 3.45. The summed E-state index contributed by atoms with van der Waals surface area (Å²) in [6, 6.07) is -1.14. The van der Waals surface area contributed by atoms with E-state index in [1.807, 2.05) is 0 Å². The van der Waals surface area contributed by atoms with Crippen molar-refractivity contribution in [3.63, 3.8) is 0 Å². The van der Waals surface area contributed by atoms with Gasteiger partial charge in [-0.05, 0) is 32.4 Å². The summed E-state index contributed by atoms with van der Waals surface area (Å²) < 4.78 is 3.92. The number of carboxylic acid groups (broad SMARTS) is 2. The molecule has 4 heterocycles. The Morgan fingerprint density at radius 3 is 2.64 bits per heavy atom. The van der Waals surface area contributed by atoms with Crippen LogP contribution in [0.4, 0.5) is 5.13 Å². The fraction of sp³-hybridized carbons (Fsp3) is 0.423. The Morgan fingerprint density at radius 1 is 1.26 bits per heavy atom. The van der Waals surface area contributed by atoms with Crippen molar-refractivity contribution in [2.75, 3.05) is 31.2 Å². The quantitative estimate of drug-likeness (QED) is 0.0652. The molecule has 0 bridgehead atoms. The lowest BCUT2D eigenvalue weighted by Crippen LogP contribution is -2.71. The van der Waals surface area contributed by atoms with Crippen LogP contribution < -0.4 is 27.8 Å². The van der Waals surface area contributed by atoms with Gasteiger partial charge in [0.2, 0.25) is 23.0 Å². The first-order valence-electron chi connectivity index (χ1n) is 14.0. The van der Waals surface area contributed by atoms with E-state index in [1.165, 1.54) is 25.6 Å². The molecule has 0 spiro atoms. The van der Waals surface area contributed by atoms with Crippen LogP contribution in [0.25, 0.3) is 0 Å². The van der Waals surface area contributed by atoms with E-state index in [0.717, 1.165) is 16.4 Å². The van der Waals surface area contributed by atoms with Crippen molar-refractivity contribution in [2.45, 2.75) is 43.7 Å². The lowest BCUT2D eigenvalue weighted by Gasteiger charge is -2.49. The third kappa shape index (κ3) is 8.04. The molecule has 252 valence electrons. The zero-order chi connectivity index (χ0) is 34.5. The monoisotopic (exact) mass is 691 g/mol. The SMILES string of the molecule is CC(C)(O/N=C(\C(=O)N[C@@H]1C(=O)N2C(C(=O)O)=C(/C=C/CN3C=C(NC(=O)CCCN)C(N)=NC3)CSC12)c1nsc(N)n1)C(=O)O. The van der Waals surface area contributed by atoms with Gasteiger partial charge in [0, 0.05) is 36.5 Å². The molecule has 2 atom stereocenters. The summed E-state index contributed by atoms with van der Waals surface area (Å²) in [4.78, 5) is 78.2. The summed E-state index contributed by atoms with van der Waals surface area (Å²) in [5.74, 6) is -4.45. The number of aliphatic carboxylic acids is 2. The van der Waals surface area contributed by atoms with Gasteiger partial charge in [-0.15, -0.1) is 11.8 Å². The topological polar surface area (TPSA) is 294 Å². The van der Waals surface area contributed by atoms with E-state index in [2.05, 4.69) is 30.1 Å². The Balaban J connectivity index is 1.45. The van der Waals surface area contributed by atoms with Crippen molar-refractivity contribution in [1.29, 1.82) is 0 Å². The molecule has 1 aromatic heterocycles. The second-order valence-electron chi connectivity index (χ2n) is 10.7. The van der Waals surface area contributed by atoms with Gasteiger partial charge in [-0.25, -0.2) is 14.6 Å². The number of nitrogens with zero attached hydrogens (tertiary/aromatic N) is 6. The summed E-state index contributed by atoms with van der Waals surface area (Å²) >= 11 is 1.99. The summed E-state index contributed by atoms with van der Waals surface area (Å²) in [6.07, 6.45) is 5.67. The van der Waals surface area contributed by atoms with Crippen molar-refractivity contribution >= 4 is 69.6 Å². The van der Waals surface area contributed by atoms with Gasteiger partial charge in [0.25, 0.3) is 11.8 Å². The Kier molecular flexibility index (Phi) is 10.8. The number of anilines is 1. The molecule has 21 heteroatoms. The number of hydrogen-bond donors (Lipinski definition) is 7. The third-order valence-corrected chi connectivity index (χ3v) is 8.63. The first-order chi connectivity index (χ1) is 22.2. The number of thioether (sulfide) groups is 1. The number of aliphatic imine (C=N–C) groups is 1. The maximum Gasteiger partial charge on any atom is 0.352 e. The number of amidine groups is 1. The highest BCUT2D eigenvalue weighted by Crippen LogP contribution is 2.40. The van der Waals surface area contributed by atoms with Gasteiger partial charge in [-0.3, -0.25) is 19.3 Å². The molecule has 1 unspecified atom stereocenters. The largest absolute Gasteiger partial charge is 0.478 e. The molecule has 1 saturated heterocycles. The number of aromatic nitrogens is 2. The van der Waals surface area contributed by atoms with Crippen LogP contribution in [0, 0.1) is 0 Å². The molecule has 3 aliphatic rings. The number of carbonyl (C=O) groups excluding carboxylic acids is 3. The maximum absolute atomic E-state index is 13.2. The Morgan fingerprint density at radius 2 is 2.00 bits per heavy atom. The van der Waals surface area contributed by atoms with Crippen molar-refractivity contribution in [3.05, 3.63) is 41.1 Å². The normalized spacial score (nSPS) is 19.9. The minimum absolute atomic E-state index is 0.00208. The van der Waals surface area contributed by atoms with Gasteiger partial charge in [-0.2, -0.15) is 9.36 Å². The fourth-order valence-corrected chi connectivity index (χ4v) is 6.00. The van der Waals surface area contributed by atoms with E-state index in [-0.39, 0.29) is 53.8 Å². The molecule has 0 saturated carbocycles. The van der Waals surface area contributed by atoms with E-state index in [1.54, 1.807) is 23.3 Å². The number of nitrogens with one attached hydrogen (secondary N) is 2. The van der Waals surface area contributed by atoms with Crippen LogP contribution in [0.1, 0.15) is 32.5 Å². The Labute approximate surface area is 275 Å². The molecule has 1 aromatic rings. The molecule has 3 amide bonds. The van der Waals surface area contributed by atoms with Crippen LogP contribution in [0.3, 0.4) is 0 Å². The summed E-state index contributed by atoms with van der Waals surface area (Å²) in [5, 5.41) is 27.4. The number of allylic oxidation sites excluding steroid dienone is 1. The zero-order valence-electron chi connectivity index (χ0n) is 25.2. The predicted octanol–water partition coefficient (Wildman–Crippen LogP) is -1.67. The smallest absolute Gasteiger partial charge is 0.352 e. The number of nitrogen functional groups attached to an aromatic ring is 1. The Bertz CT molecular complexity index is 1620. The first-order valence-corrected chi connectivity index (χ1v) is 15.8. The molecule has 4 rings (SSSR count). The number of oxime groups is 1. The van der Waals surface area contributed by atoms with Crippen molar-refractivity contribution in [2.24, 2.45) is 21.6 Å².